The number of amides is 1. The summed E-state index contributed by atoms with van der Waals surface area (Å²) in [5.74, 6) is -0.0885. The fourth-order valence-electron chi connectivity index (χ4n) is 3.11. The monoisotopic (exact) mass is 430 g/mol. The Balaban J connectivity index is 1.58. The summed E-state index contributed by atoms with van der Waals surface area (Å²) >= 11 is 0. The number of nitrogens with zero attached hydrogens (tertiary/aromatic N) is 3. The summed E-state index contributed by atoms with van der Waals surface area (Å²) in [5, 5.41) is 2.76. The molecule has 3 rings (SSSR count). The zero-order chi connectivity index (χ0) is 22.8. The number of carbonyl (C=O) groups is 2. The number of nitrogens with one attached hydrogen (secondary N) is 1. The predicted octanol–water partition coefficient (Wildman–Crippen LogP) is 3.55. The number of rotatable bonds is 9. The number of methoxy groups -OCH3 is 1. The number of hydrogen-bond donors (Lipinski definition) is 1. The third-order valence-corrected chi connectivity index (χ3v) is 4.84. The van der Waals surface area contributed by atoms with Crippen LogP contribution in [0.2, 0.25) is 0 Å². The summed E-state index contributed by atoms with van der Waals surface area (Å²) in [6.07, 6.45) is 7.69. The Hall–Kier alpha value is -4.00. The van der Waals surface area contributed by atoms with Crippen LogP contribution in [0.25, 0.3) is 6.08 Å². The second kappa shape index (κ2) is 11.4. The minimum absolute atomic E-state index is 0.207. The van der Waals surface area contributed by atoms with Crippen molar-refractivity contribution in [3.8, 4) is 0 Å². The van der Waals surface area contributed by atoms with Crippen molar-refractivity contribution in [2.24, 2.45) is 0 Å². The molecule has 164 valence electrons. The van der Waals surface area contributed by atoms with E-state index in [4.69, 9.17) is 4.74 Å². The number of esters is 1. The van der Waals surface area contributed by atoms with Crippen molar-refractivity contribution in [3.05, 3.63) is 90.3 Å². The van der Waals surface area contributed by atoms with E-state index in [1.165, 1.54) is 7.11 Å². The third kappa shape index (κ3) is 6.50. The number of hydrogen-bond acceptors (Lipinski definition) is 6. The summed E-state index contributed by atoms with van der Waals surface area (Å²) in [5.41, 5.74) is 2.81. The fourth-order valence-corrected chi connectivity index (χ4v) is 3.11. The van der Waals surface area contributed by atoms with Gasteiger partial charge in [-0.25, -0.2) is 14.8 Å². The Morgan fingerprint density at radius 1 is 1.03 bits per heavy atom. The Kier molecular flexibility index (Phi) is 8.09. The lowest BCUT2D eigenvalue weighted by molar-refractivity contribution is -0.144. The standard InChI is InChI=1S/C25H26N4O3/c1-29(25-26-16-7-17-27-25)21-14-12-19(13-15-21)10-6-11-22(24(31)32-2)28-23(30)18-20-8-4-3-5-9-20/h3-10,12-17,22H,11,18H2,1-2H3,(H,28,30). The quantitative estimate of drug-likeness (QED) is 0.523. The zero-order valence-electron chi connectivity index (χ0n) is 18.1. The third-order valence-electron chi connectivity index (χ3n) is 4.84. The van der Waals surface area contributed by atoms with Crippen molar-refractivity contribution >= 4 is 29.6 Å². The molecule has 1 atom stereocenters. The first-order valence-electron chi connectivity index (χ1n) is 10.3. The molecule has 1 unspecified atom stereocenters. The van der Waals surface area contributed by atoms with Crippen LogP contribution in [0.4, 0.5) is 11.6 Å². The van der Waals surface area contributed by atoms with Crippen LogP contribution in [0.15, 0.2) is 79.1 Å². The molecular weight excluding hydrogens is 404 g/mol. The number of ether oxygens (including phenoxy) is 1. The fraction of sp³-hybridized carbons (Fsp3) is 0.200. The average molecular weight is 431 g/mol. The molecule has 1 N–H and O–H groups in total. The van der Waals surface area contributed by atoms with Crippen LogP contribution in [0.1, 0.15) is 17.5 Å². The summed E-state index contributed by atoms with van der Waals surface area (Å²) in [6, 6.07) is 18.3. The average Bonchev–Trinajstić information content (AvgIpc) is 2.84. The van der Waals surface area contributed by atoms with E-state index in [-0.39, 0.29) is 12.3 Å². The van der Waals surface area contributed by atoms with Crippen LogP contribution in [-0.2, 0) is 20.7 Å². The van der Waals surface area contributed by atoms with Crippen molar-refractivity contribution < 1.29 is 14.3 Å². The highest BCUT2D eigenvalue weighted by molar-refractivity contribution is 5.85. The zero-order valence-corrected chi connectivity index (χ0v) is 18.1. The van der Waals surface area contributed by atoms with Gasteiger partial charge in [0.2, 0.25) is 11.9 Å². The maximum Gasteiger partial charge on any atom is 0.328 e. The molecule has 32 heavy (non-hydrogen) atoms. The summed E-state index contributed by atoms with van der Waals surface area (Å²) in [7, 11) is 3.22. The molecule has 0 fully saturated rings. The van der Waals surface area contributed by atoms with E-state index in [9.17, 15) is 9.59 Å². The van der Waals surface area contributed by atoms with Gasteiger partial charge in [-0.05, 0) is 35.7 Å². The number of anilines is 2. The molecule has 0 aliphatic heterocycles. The minimum atomic E-state index is -0.743. The van der Waals surface area contributed by atoms with E-state index < -0.39 is 12.0 Å². The smallest absolute Gasteiger partial charge is 0.328 e. The van der Waals surface area contributed by atoms with Crippen molar-refractivity contribution in [3.63, 3.8) is 0 Å². The lowest BCUT2D eigenvalue weighted by Gasteiger charge is -2.16. The first-order chi connectivity index (χ1) is 15.6. The Morgan fingerprint density at radius 3 is 2.38 bits per heavy atom. The van der Waals surface area contributed by atoms with Crippen molar-refractivity contribution in [2.45, 2.75) is 18.9 Å². The summed E-state index contributed by atoms with van der Waals surface area (Å²) < 4.78 is 4.85. The number of benzene rings is 2. The molecule has 0 spiro atoms. The minimum Gasteiger partial charge on any atom is -0.467 e. The van der Waals surface area contributed by atoms with Gasteiger partial charge >= 0.3 is 5.97 Å². The van der Waals surface area contributed by atoms with Gasteiger partial charge < -0.3 is 15.0 Å². The van der Waals surface area contributed by atoms with Gasteiger partial charge in [0.15, 0.2) is 0 Å². The molecule has 0 bridgehead atoms. The molecule has 1 amide bonds. The predicted molar refractivity (Wildman–Crippen MR) is 124 cm³/mol. The molecule has 0 aliphatic rings. The van der Waals surface area contributed by atoms with Crippen LogP contribution in [0, 0.1) is 0 Å². The van der Waals surface area contributed by atoms with E-state index >= 15 is 0 Å². The van der Waals surface area contributed by atoms with E-state index in [1.807, 2.05) is 78.7 Å². The number of aromatic nitrogens is 2. The largest absolute Gasteiger partial charge is 0.467 e. The van der Waals surface area contributed by atoms with Crippen LogP contribution in [0.5, 0.6) is 0 Å². The molecular formula is C25H26N4O3. The second-order valence-electron chi connectivity index (χ2n) is 7.14. The van der Waals surface area contributed by atoms with Gasteiger partial charge in [0.05, 0.1) is 13.5 Å². The molecule has 7 nitrogen and oxygen atoms in total. The lowest BCUT2D eigenvalue weighted by Crippen LogP contribution is -2.41. The van der Waals surface area contributed by atoms with Crippen molar-refractivity contribution in [2.75, 3.05) is 19.1 Å². The van der Waals surface area contributed by atoms with Crippen LogP contribution < -0.4 is 10.2 Å². The normalized spacial score (nSPS) is 11.7. The maximum absolute atomic E-state index is 12.3. The van der Waals surface area contributed by atoms with E-state index in [0.29, 0.717) is 12.4 Å². The molecule has 3 aromatic rings. The SMILES string of the molecule is COC(=O)C(CC=Cc1ccc(N(C)c2ncccn2)cc1)NC(=O)Cc1ccccc1. The lowest BCUT2D eigenvalue weighted by atomic mass is 10.1. The van der Waals surface area contributed by atoms with Crippen LogP contribution in [-0.4, -0.2) is 42.0 Å². The molecule has 1 heterocycles. The van der Waals surface area contributed by atoms with Gasteiger partial charge in [-0.3, -0.25) is 4.79 Å². The van der Waals surface area contributed by atoms with Gasteiger partial charge in [-0.1, -0.05) is 54.6 Å². The highest BCUT2D eigenvalue weighted by atomic mass is 16.5. The van der Waals surface area contributed by atoms with Gasteiger partial charge in [-0.2, -0.15) is 0 Å². The van der Waals surface area contributed by atoms with Crippen molar-refractivity contribution in [1.82, 2.24) is 15.3 Å². The van der Waals surface area contributed by atoms with Gasteiger partial charge in [0.1, 0.15) is 6.04 Å². The van der Waals surface area contributed by atoms with Gasteiger partial charge in [0.25, 0.3) is 0 Å². The molecule has 1 aromatic heterocycles. The van der Waals surface area contributed by atoms with E-state index in [1.54, 1.807) is 18.5 Å². The number of carbonyl (C=O) groups excluding carboxylic acids is 2. The molecule has 2 aromatic carbocycles. The highest BCUT2D eigenvalue weighted by Crippen LogP contribution is 2.20. The summed E-state index contributed by atoms with van der Waals surface area (Å²) in [6.45, 7) is 0. The highest BCUT2D eigenvalue weighted by Gasteiger charge is 2.20. The van der Waals surface area contributed by atoms with E-state index in [2.05, 4.69) is 15.3 Å². The van der Waals surface area contributed by atoms with Crippen LogP contribution in [0.3, 0.4) is 0 Å². The van der Waals surface area contributed by atoms with Gasteiger partial charge in [-0.15, -0.1) is 0 Å². The Labute approximate surface area is 187 Å². The molecule has 0 saturated heterocycles. The molecule has 0 aliphatic carbocycles. The topological polar surface area (TPSA) is 84.4 Å². The van der Waals surface area contributed by atoms with Gasteiger partial charge in [0, 0.05) is 25.1 Å². The molecule has 0 saturated carbocycles. The summed E-state index contributed by atoms with van der Waals surface area (Å²) in [4.78, 5) is 34.8. The second-order valence-corrected chi connectivity index (χ2v) is 7.14. The Morgan fingerprint density at radius 2 is 1.72 bits per heavy atom. The first kappa shape index (κ1) is 22.7. The first-order valence-corrected chi connectivity index (χ1v) is 10.3. The van der Waals surface area contributed by atoms with Crippen molar-refractivity contribution in [1.29, 1.82) is 0 Å². The van der Waals surface area contributed by atoms with Crippen LogP contribution >= 0.6 is 0 Å². The van der Waals surface area contributed by atoms with E-state index in [0.717, 1.165) is 16.8 Å². The maximum atomic E-state index is 12.3. The molecule has 0 radical (unpaired) electrons. The molecule has 7 heteroatoms. The Bertz CT molecular complexity index is 1040.